The monoisotopic (exact) mass is 248 g/mol. The molecule has 96 valence electrons. The fourth-order valence-corrected chi connectivity index (χ4v) is 2.40. The minimum atomic E-state index is -0.387. The first-order valence-corrected chi connectivity index (χ1v) is 6.08. The van der Waals surface area contributed by atoms with Crippen LogP contribution in [0.15, 0.2) is 24.3 Å². The van der Waals surface area contributed by atoms with Crippen molar-refractivity contribution in [2.75, 3.05) is 13.1 Å². The van der Waals surface area contributed by atoms with Crippen LogP contribution in [0, 0.1) is 10.1 Å². The molecular formula is C13H16N2O3. The molecule has 1 aliphatic heterocycles. The summed E-state index contributed by atoms with van der Waals surface area (Å²) in [6, 6.07) is 6.75. The largest absolute Gasteiger partial charge is 0.343 e. The van der Waals surface area contributed by atoms with E-state index in [4.69, 9.17) is 0 Å². The van der Waals surface area contributed by atoms with Crippen molar-refractivity contribution in [3.8, 4) is 0 Å². The summed E-state index contributed by atoms with van der Waals surface area (Å²) < 4.78 is 0. The topological polar surface area (TPSA) is 63.5 Å². The zero-order valence-electron chi connectivity index (χ0n) is 10.3. The third-order valence-electron chi connectivity index (χ3n) is 3.52. The molecule has 2 rings (SSSR count). The molecule has 0 atom stereocenters. The van der Waals surface area contributed by atoms with Crippen LogP contribution in [0.3, 0.4) is 0 Å². The predicted octanol–water partition coefficient (Wildman–Crippen LogP) is 2.32. The summed E-state index contributed by atoms with van der Waals surface area (Å²) in [4.78, 5) is 23.2. The lowest BCUT2D eigenvalue weighted by Gasteiger charge is -2.31. The van der Waals surface area contributed by atoms with E-state index in [1.165, 1.54) is 0 Å². The molecule has 0 saturated carbocycles. The minimum absolute atomic E-state index is 0.122. The highest BCUT2D eigenvalue weighted by molar-refractivity contribution is 5.73. The summed E-state index contributed by atoms with van der Waals surface area (Å²) in [7, 11) is 0. The fourth-order valence-electron chi connectivity index (χ4n) is 2.40. The number of hydrogen-bond acceptors (Lipinski definition) is 3. The number of benzene rings is 1. The van der Waals surface area contributed by atoms with Crippen LogP contribution in [-0.4, -0.2) is 28.8 Å². The molecule has 5 nitrogen and oxygen atoms in total. The molecule has 0 bridgehead atoms. The van der Waals surface area contributed by atoms with E-state index < -0.39 is 0 Å². The summed E-state index contributed by atoms with van der Waals surface area (Å²) in [5, 5.41) is 10.6. The predicted molar refractivity (Wildman–Crippen MR) is 67.3 cm³/mol. The van der Waals surface area contributed by atoms with Crippen LogP contribution in [0.5, 0.6) is 0 Å². The second kappa shape index (κ2) is 5.16. The Hall–Kier alpha value is -1.91. The number of nitro benzene ring substituents is 1. The average Bonchev–Trinajstić information content (AvgIpc) is 2.39. The Morgan fingerprint density at radius 3 is 2.28 bits per heavy atom. The Balaban J connectivity index is 2.01. The molecule has 0 spiro atoms. The van der Waals surface area contributed by atoms with Crippen LogP contribution in [0.1, 0.15) is 31.2 Å². The van der Waals surface area contributed by atoms with Crippen molar-refractivity contribution in [1.82, 2.24) is 4.90 Å². The maximum absolute atomic E-state index is 11.2. The number of non-ortho nitro benzene ring substituents is 1. The SMILES string of the molecule is CC(=O)N1CCC(c2ccc([N+](=O)[O-])cc2)CC1. The van der Waals surface area contributed by atoms with Gasteiger partial charge >= 0.3 is 0 Å². The van der Waals surface area contributed by atoms with E-state index in [-0.39, 0.29) is 16.5 Å². The third kappa shape index (κ3) is 2.67. The molecule has 5 heteroatoms. The molecule has 18 heavy (non-hydrogen) atoms. The molecular weight excluding hydrogens is 232 g/mol. The summed E-state index contributed by atoms with van der Waals surface area (Å²) in [6.07, 6.45) is 1.86. The van der Waals surface area contributed by atoms with Gasteiger partial charge in [0.05, 0.1) is 4.92 Å². The summed E-state index contributed by atoms with van der Waals surface area (Å²) >= 11 is 0. The Morgan fingerprint density at radius 2 is 1.83 bits per heavy atom. The number of rotatable bonds is 2. The van der Waals surface area contributed by atoms with Crippen LogP contribution >= 0.6 is 0 Å². The van der Waals surface area contributed by atoms with E-state index >= 15 is 0 Å². The molecule has 1 heterocycles. The van der Waals surface area contributed by atoms with Gasteiger partial charge in [-0.25, -0.2) is 0 Å². The van der Waals surface area contributed by atoms with Crippen molar-refractivity contribution in [3.63, 3.8) is 0 Å². The minimum Gasteiger partial charge on any atom is -0.343 e. The Labute approximate surface area is 106 Å². The lowest BCUT2D eigenvalue weighted by molar-refractivity contribution is -0.384. The van der Waals surface area contributed by atoms with Crippen LogP contribution < -0.4 is 0 Å². The number of carbonyl (C=O) groups is 1. The van der Waals surface area contributed by atoms with Crippen molar-refractivity contribution in [2.24, 2.45) is 0 Å². The highest BCUT2D eigenvalue weighted by Crippen LogP contribution is 2.29. The first-order valence-electron chi connectivity index (χ1n) is 6.08. The van der Waals surface area contributed by atoms with E-state index in [0.717, 1.165) is 31.5 Å². The molecule has 0 radical (unpaired) electrons. The molecule has 0 aliphatic carbocycles. The van der Waals surface area contributed by atoms with Crippen molar-refractivity contribution in [3.05, 3.63) is 39.9 Å². The molecule has 1 saturated heterocycles. The van der Waals surface area contributed by atoms with Crippen molar-refractivity contribution in [1.29, 1.82) is 0 Å². The maximum atomic E-state index is 11.2. The van der Waals surface area contributed by atoms with Gasteiger partial charge in [0.25, 0.3) is 5.69 Å². The fraction of sp³-hybridized carbons (Fsp3) is 0.462. The highest BCUT2D eigenvalue weighted by Gasteiger charge is 2.22. The van der Waals surface area contributed by atoms with E-state index in [1.54, 1.807) is 19.1 Å². The van der Waals surface area contributed by atoms with Gasteiger partial charge in [-0.3, -0.25) is 14.9 Å². The first-order chi connectivity index (χ1) is 8.58. The van der Waals surface area contributed by atoms with Gasteiger partial charge < -0.3 is 4.90 Å². The van der Waals surface area contributed by atoms with E-state index in [9.17, 15) is 14.9 Å². The Bertz CT molecular complexity index is 448. The zero-order chi connectivity index (χ0) is 13.1. The number of amides is 1. The number of likely N-dealkylation sites (tertiary alicyclic amines) is 1. The summed E-state index contributed by atoms with van der Waals surface area (Å²) in [6.45, 7) is 3.14. The van der Waals surface area contributed by atoms with Gasteiger partial charge in [0.2, 0.25) is 5.91 Å². The number of nitrogens with zero attached hydrogens (tertiary/aromatic N) is 2. The van der Waals surface area contributed by atoms with Gasteiger partial charge in [-0.05, 0) is 24.3 Å². The Kier molecular flexibility index (Phi) is 3.60. The average molecular weight is 248 g/mol. The van der Waals surface area contributed by atoms with Crippen LogP contribution in [0.2, 0.25) is 0 Å². The van der Waals surface area contributed by atoms with Crippen LogP contribution in [-0.2, 0) is 4.79 Å². The third-order valence-corrected chi connectivity index (χ3v) is 3.52. The Morgan fingerprint density at radius 1 is 1.28 bits per heavy atom. The molecule has 0 aromatic heterocycles. The first kappa shape index (κ1) is 12.5. The standard InChI is InChI=1S/C13H16N2O3/c1-10(16)14-8-6-12(7-9-14)11-2-4-13(5-3-11)15(17)18/h2-5,12H,6-9H2,1H3. The van der Waals surface area contributed by atoms with Crippen LogP contribution in [0.4, 0.5) is 5.69 Å². The molecule has 0 unspecified atom stereocenters. The maximum Gasteiger partial charge on any atom is 0.269 e. The van der Waals surface area contributed by atoms with Gasteiger partial charge in [0.15, 0.2) is 0 Å². The zero-order valence-corrected chi connectivity index (χ0v) is 10.3. The molecule has 1 aliphatic rings. The molecule has 1 fully saturated rings. The second-order valence-electron chi connectivity index (χ2n) is 4.63. The smallest absolute Gasteiger partial charge is 0.269 e. The van der Waals surface area contributed by atoms with Gasteiger partial charge in [-0.15, -0.1) is 0 Å². The lowest BCUT2D eigenvalue weighted by atomic mass is 9.89. The molecule has 1 aromatic rings. The van der Waals surface area contributed by atoms with Crippen LogP contribution in [0.25, 0.3) is 0 Å². The number of nitro groups is 1. The number of hydrogen-bond donors (Lipinski definition) is 0. The van der Waals surface area contributed by atoms with Crippen molar-refractivity contribution in [2.45, 2.75) is 25.7 Å². The normalized spacial score (nSPS) is 16.6. The second-order valence-corrected chi connectivity index (χ2v) is 4.63. The van der Waals surface area contributed by atoms with Crippen molar-refractivity contribution >= 4 is 11.6 Å². The van der Waals surface area contributed by atoms with E-state index in [2.05, 4.69) is 0 Å². The quantitative estimate of drug-likeness (QED) is 0.596. The molecule has 0 N–H and O–H groups in total. The van der Waals surface area contributed by atoms with E-state index in [1.807, 2.05) is 17.0 Å². The van der Waals surface area contributed by atoms with Gasteiger partial charge in [0, 0.05) is 32.1 Å². The number of piperidine rings is 1. The lowest BCUT2D eigenvalue weighted by Crippen LogP contribution is -2.36. The molecule has 1 aromatic carbocycles. The molecule has 1 amide bonds. The van der Waals surface area contributed by atoms with Gasteiger partial charge in [0.1, 0.15) is 0 Å². The highest BCUT2D eigenvalue weighted by atomic mass is 16.6. The number of carbonyl (C=O) groups excluding carboxylic acids is 1. The van der Waals surface area contributed by atoms with Crippen molar-refractivity contribution < 1.29 is 9.72 Å². The van der Waals surface area contributed by atoms with E-state index in [0.29, 0.717) is 5.92 Å². The van der Waals surface area contributed by atoms with Gasteiger partial charge in [-0.1, -0.05) is 12.1 Å². The van der Waals surface area contributed by atoms with Gasteiger partial charge in [-0.2, -0.15) is 0 Å². The summed E-state index contributed by atoms with van der Waals surface area (Å²) in [5.41, 5.74) is 1.25. The summed E-state index contributed by atoms with van der Waals surface area (Å²) in [5.74, 6) is 0.526.